The molecule has 0 unspecified atom stereocenters. The molecular formula is C18H21N3O3S3. The summed E-state index contributed by atoms with van der Waals surface area (Å²) in [7, 11) is 0. The first-order chi connectivity index (χ1) is 13.1. The SMILES string of the molecule is Cc1csc(Sc2ccc(NC(=O)CSCC(=O)N3CCOCC3)cc2)n1. The van der Waals surface area contributed by atoms with E-state index in [0.717, 1.165) is 20.6 Å². The molecule has 1 N–H and O–H groups in total. The first kappa shape index (κ1) is 20.2. The monoisotopic (exact) mass is 423 g/mol. The second kappa shape index (κ2) is 10.1. The second-order valence-corrected chi connectivity index (χ2v) is 9.08. The molecule has 0 bridgehead atoms. The highest BCUT2D eigenvalue weighted by molar-refractivity contribution is 8.01. The fraction of sp³-hybridized carbons (Fsp3) is 0.389. The number of rotatable bonds is 7. The van der Waals surface area contributed by atoms with Crippen molar-refractivity contribution in [1.82, 2.24) is 9.88 Å². The van der Waals surface area contributed by atoms with Gasteiger partial charge in [-0.25, -0.2) is 4.98 Å². The number of thiazole rings is 1. The predicted octanol–water partition coefficient (Wildman–Crippen LogP) is 3.13. The molecule has 9 heteroatoms. The van der Waals surface area contributed by atoms with E-state index in [1.54, 1.807) is 28.0 Å². The maximum atomic E-state index is 12.1. The van der Waals surface area contributed by atoms with Gasteiger partial charge < -0.3 is 15.0 Å². The Morgan fingerprint density at radius 1 is 1.22 bits per heavy atom. The Balaban J connectivity index is 1.39. The highest BCUT2D eigenvalue weighted by Crippen LogP contribution is 2.30. The molecule has 1 fully saturated rings. The van der Waals surface area contributed by atoms with Gasteiger partial charge in [-0.05, 0) is 31.2 Å². The Labute approximate surface area is 171 Å². The molecule has 0 atom stereocenters. The Morgan fingerprint density at radius 3 is 2.63 bits per heavy atom. The number of anilines is 1. The molecular weight excluding hydrogens is 402 g/mol. The minimum Gasteiger partial charge on any atom is -0.378 e. The number of carbonyl (C=O) groups is 2. The number of carbonyl (C=O) groups excluding carboxylic acids is 2. The molecule has 0 radical (unpaired) electrons. The van der Waals surface area contributed by atoms with Crippen molar-refractivity contribution in [3.63, 3.8) is 0 Å². The van der Waals surface area contributed by atoms with Crippen molar-refractivity contribution in [2.75, 3.05) is 43.1 Å². The van der Waals surface area contributed by atoms with Gasteiger partial charge in [-0.1, -0.05) is 11.8 Å². The highest BCUT2D eigenvalue weighted by atomic mass is 32.2. The zero-order valence-corrected chi connectivity index (χ0v) is 17.4. The van der Waals surface area contributed by atoms with Crippen LogP contribution in [0.15, 0.2) is 38.9 Å². The molecule has 1 saturated heterocycles. The van der Waals surface area contributed by atoms with Crippen LogP contribution in [0.4, 0.5) is 5.69 Å². The van der Waals surface area contributed by atoms with Gasteiger partial charge in [0.15, 0.2) is 4.34 Å². The Kier molecular flexibility index (Phi) is 7.57. The van der Waals surface area contributed by atoms with Gasteiger partial charge in [0.25, 0.3) is 0 Å². The Bertz CT molecular complexity index is 774. The van der Waals surface area contributed by atoms with Gasteiger partial charge >= 0.3 is 0 Å². The van der Waals surface area contributed by atoms with Crippen molar-refractivity contribution in [2.45, 2.75) is 16.2 Å². The summed E-state index contributed by atoms with van der Waals surface area (Å²) in [4.78, 5) is 31.4. The molecule has 144 valence electrons. The van der Waals surface area contributed by atoms with Crippen molar-refractivity contribution < 1.29 is 14.3 Å². The number of hydrogen-bond donors (Lipinski definition) is 1. The maximum Gasteiger partial charge on any atom is 0.234 e. The zero-order chi connectivity index (χ0) is 19.1. The zero-order valence-electron chi connectivity index (χ0n) is 15.0. The van der Waals surface area contributed by atoms with Gasteiger partial charge in [0.2, 0.25) is 11.8 Å². The number of amides is 2. The van der Waals surface area contributed by atoms with Crippen molar-refractivity contribution >= 4 is 52.4 Å². The molecule has 27 heavy (non-hydrogen) atoms. The van der Waals surface area contributed by atoms with Crippen LogP contribution in [-0.4, -0.2) is 59.5 Å². The summed E-state index contributed by atoms with van der Waals surface area (Å²) in [5, 5.41) is 4.89. The van der Waals surface area contributed by atoms with E-state index in [4.69, 9.17) is 4.74 Å². The van der Waals surface area contributed by atoms with Gasteiger partial charge in [0, 0.05) is 34.7 Å². The van der Waals surface area contributed by atoms with Crippen LogP contribution in [0.25, 0.3) is 0 Å². The number of benzene rings is 1. The third kappa shape index (κ3) is 6.53. The average molecular weight is 424 g/mol. The molecule has 2 amide bonds. The van der Waals surface area contributed by atoms with Crippen molar-refractivity contribution in [2.24, 2.45) is 0 Å². The number of morpholine rings is 1. The van der Waals surface area contributed by atoms with Gasteiger partial charge in [0.05, 0.1) is 24.7 Å². The maximum absolute atomic E-state index is 12.1. The largest absolute Gasteiger partial charge is 0.378 e. The van der Waals surface area contributed by atoms with Crippen LogP contribution >= 0.6 is 34.9 Å². The fourth-order valence-electron chi connectivity index (χ4n) is 2.42. The summed E-state index contributed by atoms with van der Waals surface area (Å²) in [5.41, 5.74) is 1.77. The highest BCUT2D eigenvalue weighted by Gasteiger charge is 2.17. The number of aryl methyl sites for hydroxylation is 1. The minimum atomic E-state index is -0.106. The second-order valence-electron chi connectivity index (χ2n) is 5.92. The lowest BCUT2D eigenvalue weighted by molar-refractivity contribution is -0.132. The summed E-state index contributed by atoms with van der Waals surface area (Å²) < 4.78 is 6.24. The smallest absolute Gasteiger partial charge is 0.234 e. The van der Waals surface area contributed by atoms with E-state index in [9.17, 15) is 9.59 Å². The van der Waals surface area contributed by atoms with Crippen LogP contribution in [-0.2, 0) is 14.3 Å². The average Bonchev–Trinajstić information content (AvgIpc) is 3.08. The fourth-order valence-corrected chi connectivity index (χ4v) is 4.95. The van der Waals surface area contributed by atoms with E-state index in [2.05, 4.69) is 10.3 Å². The summed E-state index contributed by atoms with van der Waals surface area (Å²) in [5.74, 6) is 0.530. The van der Waals surface area contributed by atoms with Crippen LogP contribution in [0.3, 0.4) is 0 Å². The molecule has 0 saturated carbocycles. The minimum absolute atomic E-state index is 0.0647. The van der Waals surface area contributed by atoms with Crippen LogP contribution in [0.5, 0.6) is 0 Å². The van der Waals surface area contributed by atoms with E-state index < -0.39 is 0 Å². The summed E-state index contributed by atoms with van der Waals surface area (Å²) in [6, 6.07) is 7.69. The molecule has 1 aliphatic heterocycles. The molecule has 2 heterocycles. The Morgan fingerprint density at radius 2 is 1.96 bits per heavy atom. The molecule has 2 aromatic rings. The van der Waals surface area contributed by atoms with E-state index in [1.807, 2.05) is 36.6 Å². The lowest BCUT2D eigenvalue weighted by atomic mass is 10.3. The van der Waals surface area contributed by atoms with Gasteiger partial charge in [-0.15, -0.1) is 23.1 Å². The van der Waals surface area contributed by atoms with E-state index in [1.165, 1.54) is 11.8 Å². The number of ether oxygens (including phenoxy) is 1. The van der Waals surface area contributed by atoms with Gasteiger partial charge in [0.1, 0.15) is 0 Å². The van der Waals surface area contributed by atoms with Gasteiger partial charge in [-0.3, -0.25) is 9.59 Å². The topological polar surface area (TPSA) is 71.5 Å². The molecule has 1 aromatic carbocycles. The number of aromatic nitrogens is 1. The Hall–Kier alpha value is -1.55. The first-order valence-electron chi connectivity index (χ1n) is 8.53. The van der Waals surface area contributed by atoms with Crippen molar-refractivity contribution in [1.29, 1.82) is 0 Å². The van der Waals surface area contributed by atoms with Crippen molar-refractivity contribution in [3.05, 3.63) is 35.3 Å². The molecule has 1 aliphatic rings. The third-order valence-corrected chi connectivity index (χ3v) is 6.75. The number of hydrogen-bond acceptors (Lipinski definition) is 7. The summed E-state index contributed by atoms with van der Waals surface area (Å²) in [6.07, 6.45) is 0. The van der Waals surface area contributed by atoms with Crippen LogP contribution < -0.4 is 5.32 Å². The van der Waals surface area contributed by atoms with E-state index >= 15 is 0 Å². The first-order valence-corrected chi connectivity index (χ1v) is 11.4. The number of nitrogens with zero attached hydrogens (tertiary/aromatic N) is 2. The number of nitrogens with one attached hydrogen (secondary N) is 1. The molecule has 0 spiro atoms. The molecule has 6 nitrogen and oxygen atoms in total. The number of thioether (sulfide) groups is 1. The lowest BCUT2D eigenvalue weighted by Crippen LogP contribution is -2.41. The van der Waals surface area contributed by atoms with Crippen molar-refractivity contribution in [3.8, 4) is 0 Å². The standard InChI is InChI=1S/C18H21N3O3S3/c1-13-10-26-18(19-13)27-15-4-2-14(3-5-15)20-16(22)11-25-12-17(23)21-6-8-24-9-7-21/h2-5,10H,6-9,11-12H2,1H3,(H,20,22). The molecule has 3 rings (SSSR count). The summed E-state index contributed by atoms with van der Waals surface area (Å²) in [6.45, 7) is 4.43. The lowest BCUT2D eigenvalue weighted by Gasteiger charge is -2.26. The molecule has 1 aromatic heterocycles. The van der Waals surface area contributed by atoms with Crippen LogP contribution in [0, 0.1) is 6.92 Å². The van der Waals surface area contributed by atoms with E-state index in [-0.39, 0.29) is 17.6 Å². The van der Waals surface area contributed by atoms with Crippen LogP contribution in [0.1, 0.15) is 5.69 Å². The van der Waals surface area contributed by atoms with Crippen LogP contribution in [0.2, 0.25) is 0 Å². The third-order valence-electron chi connectivity index (χ3n) is 3.76. The van der Waals surface area contributed by atoms with Gasteiger partial charge in [-0.2, -0.15) is 0 Å². The predicted molar refractivity (Wildman–Crippen MR) is 111 cm³/mol. The summed E-state index contributed by atoms with van der Waals surface area (Å²) >= 11 is 4.56. The normalized spacial score (nSPS) is 14.2. The molecule has 0 aliphatic carbocycles. The quantitative estimate of drug-likeness (QED) is 0.738. The van der Waals surface area contributed by atoms with E-state index in [0.29, 0.717) is 32.1 Å².